The van der Waals surface area contributed by atoms with Gasteiger partial charge in [-0.05, 0) is 42.8 Å². The molecule has 0 aliphatic carbocycles. The van der Waals surface area contributed by atoms with Crippen LogP contribution in [-0.2, 0) is 9.59 Å². The van der Waals surface area contributed by atoms with E-state index in [2.05, 4.69) is 10.6 Å². The van der Waals surface area contributed by atoms with Crippen molar-refractivity contribution in [3.05, 3.63) is 65.4 Å². The maximum absolute atomic E-state index is 12.8. The van der Waals surface area contributed by atoms with Gasteiger partial charge in [0.15, 0.2) is 0 Å². The van der Waals surface area contributed by atoms with Crippen molar-refractivity contribution in [3.8, 4) is 5.75 Å². The first kappa shape index (κ1) is 20.2. The van der Waals surface area contributed by atoms with Gasteiger partial charge in [-0.15, -0.1) is 0 Å². The number of rotatable bonds is 5. The van der Waals surface area contributed by atoms with E-state index in [9.17, 15) is 9.59 Å². The Hall–Kier alpha value is -3.08. The largest absolute Gasteiger partial charge is 0.497 e. The van der Waals surface area contributed by atoms with E-state index < -0.39 is 5.41 Å². The fraction of sp³-hybridized carbons (Fsp3) is 0.273. The Morgan fingerprint density at radius 2 is 1.56 bits per heavy atom. The standard InChI is InChI=1S/C22H26N2O3/c1-15-6-10-17(11-7-15)23-20(25)19(24-21(26)22(2,3)4)14-16-8-12-18(27-5)13-9-16/h6-14H,1-5H3,(H,23,25)(H,24,26)/b19-14+. The molecule has 0 aliphatic heterocycles. The lowest BCUT2D eigenvalue weighted by Gasteiger charge is -2.19. The van der Waals surface area contributed by atoms with Crippen molar-refractivity contribution < 1.29 is 14.3 Å². The molecular weight excluding hydrogens is 340 g/mol. The van der Waals surface area contributed by atoms with Crippen LogP contribution in [0.2, 0.25) is 0 Å². The molecule has 2 rings (SSSR count). The van der Waals surface area contributed by atoms with Gasteiger partial charge < -0.3 is 15.4 Å². The molecule has 0 aromatic heterocycles. The van der Waals surface area contributed by atoms with Gasteiger partial charge in [0.05, 0.1) is 7.11 Å². The summed E-state index contributed by atoms with van der Waals surface area (Å²) in [6, 6.07) is 14.7. The number of amides is 2. The predicted molar refractivity (Wildman–Crippen MR) is 108 cm³/mol. The van der Waals surface area contributed by atoms with E-state index in [1.165, 1.54) is 0 Å². The maximum Gasteiger partial charge on any atom is 0.272 e. The monoisotopic (exact) mass is 366 g/mol. The predicted octanol–water partition coefficient (Wildman–Crippen LogP) is 4.15. The third-order valence-corrected chi connectivity index (χ3v) is 3.91. The molecule has 2 aromatic rings. The van der Waals surface area contributed by atoms with Crippen molar-refractivity contribution in [2.24, 2.45) is 5.41 Å². The molecule has 0 unspecified atom stereocenters. The van der Waals surface area contributed by atoms with Gasteiger partial charge in [-0.3, -0.25) is 9.59 Å². The van der Waals surface area contributed by atoms with Gasteiger partial charge in [0.2, 0.25) is 5.91 Å². The minimum absolute atomic E-state index is 0.181. The first-order valence-corrected chi connectivity index (χ1v) is 8.74. The third-order valence-electron chi connectivity index (χ3n) is 3.91. The highest BCUT2D eigenvalue weighted by atomic mass is 16.5. The summed E-state index contributed by atoms with van der Waals surface area (Å²) in [5, 5.41) is 5.57. The molecule has 0 heterocycles. The highest BCUT2D eigenvalue weighted by Gasteiger charge is 2.24. The van der Waals surface area contributed by atoms with Crippen molar-refractivity contribution in [2.45, 2.75) is 27.7 Å². The minimum atomic E-state index is -0.622. The molecule has 2 N–H and O–H groups in total. The van der Waals surface area contributed by atoms with Gasteiger partial charge in [0.1, 0.15) is 11.4 Å². The number of benzene rings is 2. The summed E-state index contributed by atoms with van der Waals surface area (Å²) >= 11 is 0. The van der Waals surface area contributed by atoms with Crippen LogP contribution in [0.1, 0.15) is 31.9 Å². The number of anilines is 1. The van der Waals surface area contributed by atoms with E-state index in [4.69, 9.17) is 4.74 Å². The molecule has 5 nitrogen and oxygen atoms in total. The first-order chi connectivity index (χ1) is 12.7. The number of carbonyl (C=O) groups is 2. The molecule has 2 amide bonds. The Morgan fingerprint density at radius 3 is 2.07 bits per heavy atom. The number of ether oxygens (including phenoxy) is 1. The molecule has 142 valence electrons. The Kier molecular flexibility index (Phi) is 6.40. The molecule has 0 spiro atoms. The van der Waals surface area contributed by atoms with Gasteiger partial charge in [-0.25, -0.2) is 0 Å². The molecule has 0 saturated heterocycles. The van der Waals surface area contributed by atoms with E-state index in [0.29, 0.717) is 5.69 Å². The SMILES string of the molecule is COc1ccc(/C=C(/NC(=O)C(C)(C)C)C(=O)Nc2ccc(C)cc2)cc1. The highest BCUT2D eigenvalue weighted by Crippen LogP contribution is 2.17. The minimum Gasteiger partial charge on any atom is -0.497 e. The number of hydrogen-bond acceptors (Lipinski definition) is 3. The van der Waals surface area contributed by atoms with Crippen molar-refractivity contribution in [1.82, 2.24) is 5.32 Å². The lowest BCUT2D eigenvalue weighted by Crippen LogP contribution is -2.38. The summed E-state index contributed by atoms with van der Waals surface area (Å²) in [6.07, 6.45) is 1.65. The molecule has 2 aromatic carbocycles. The number of nitrogens with one attached hydrogen (secondary N) is 2. The quantitative estimate of drug-likeness (QED) is 0.781. The average molecular weight is 366 g/mol. The van der Waals surface area contributed by atoms with E-state index in [1.54, 1.807) is 46.1 Å². The Balaban J connectivity index is 2.29. The van der Waals surface area contributed by atoms with E-state index in [-0.39, 0.29) is 17.5 Å². The lowest BCUT2D eigenvalue weighted by molar-refractivity contribution is -0.128. The van der Waals surface area contributed by atoms with Crippen molar-refractivity contribution in [3.63, 3.8) is 0 Å². The van der Waals surface area contributed by atoms with Gasteiger partial charge in [-0.2, -0.15) is 0 Å². The first-order valence-electron chi connectivity index (χ1n) is 8.74. The normalized spacial score (nSPS) is 11.7. The molecule has 0 atom stereocenters. The second-order valence-electron chi connectivity index (χ2n) is 7.36. The number of carbonyl (C=O) groups excluding carboxylic acids is 2. The van der Waals surface area contributed by atoms with Crippen LogP contribution < -0.4 is 15.4 Å². The summed E-state index contributed by atoms with van der Waals surface area (Å²) < 4.78 is 5.15. The van der Waals surface area contributed by atoms with E-state index in [0.717, 1.165) is 16.9 Å². The second kappa shape index (κ2) is 8.54. The molecule has 5 heteroatoms. The maximum atomic E-state index is 12.8. The topological polar surface area (TPSA) is 67.4 Å². The Morgan fingerprint density at radius 1 is 0.963 bits per heavy atom. The lowest BCUT2D eigenvalue weighted by atomic mass is 9.95. The van der Waals surface area contributed by atoms with Crippen LogP contribution in [0.15, 0.2) is 54.2 Å². The summed E-state index contributed by atoms with van der Waals surface area (Å²) in [5.74, 6) is 0.102. The van der Waals surface area contributed by atoms with Gasteiger partial charge in [-0.1, -0.05) is 50.6 Å². The summed E-state index contributed by atoms with van der Waals surface area (Å²) in [6.45, 7) is 7.37. The molecule has 0 fully saturated rings. The molecule has 0 bridgehead atoms. The van der Waals surface area contributed by atoms with Gasteiger partial charge in [0.25, 0.3) is 5.91 Å². The zero-order valence-corrected chi connectivity index (χ0v) is 16.4. The van der Waals surface area contributed by atoms with Gasteiger partial charge >= 0.3 is 0 Å². The third kappa shape index (κ3) is 5.99. The Labute approximate surface area is 160 Å². The average Bonchev–Trinajstić information content (AvgIpc) is 2.62. The van der Waals surface area contributed by atoms with Crippen molar-refractivity contribution >= 4 is 23.6 Å². The van der Waals surface area contributed by atoms with Crippen LogP contribution in [0.5, 0.6) is 5.75 Å². The van der Waals surface area contributed by atoms with Gasteiger partial charge in [0, 0.05) is 11.1 Å². The Bertz CT molecular complexity index is 829. The molecular formula is C22H26N2O3. The van der Waals surface area contributed by atoms with Crippen LogP contribution in [-0.4, -0.2) is 18.9 Å². The van der Waals surface area contributed by atoms with Crippen molar-refractivity contribution in [1.29, 1.82) is 0 Å². The van der Waals surface area contributed by atoms with Crippen LogP contribution >= 0.6 is 0 Å². The summed E-state index contributed by atoms with van der Waals surface area (Å²) in [5.41, 5.74) is 2.10. The zero-order chi connectivity index (χ0) is 20.0. The number of aryl methyl sites for hydroxylation is 1. The molecule has 0 saturated carbocycles. The van der Waals surface area contributed by atoms with Crippen LogP contribution in [0, 0.1) is 12.3 Å². The van der Waals surface area contributed by atoms with E-state index >= 15 is 0 Å². The van der Waals surface area contributed by atoms with Crippen LogP contribution in [0.25, 0.3) is 6.08 Å². The summed E-state index contributed by atoms with van der Waals surface area (Å²) in [4.78, 5) is 25.2. The number of methoxy groups -OCH3 is 1. The fourth-order valence-corrected chi connectivity index (χ4v) is 2.17. The van der Waals surface area contributed by atoms with E-state index in [1.807, 2.05) is 43.3 Å². The molecule has 0 aliphatic rings. The fourth-order valence-electron chi connectivity index (χ4n) is 2.17. The molecule has 27 heavy (non-hydrogen) atoms. The van der Waals surface area contributed by atoms with Crippen LogP contribution in [0.3, 0.4) is 0 Å². The second-order valence-corrected chi connectivity index (χ2v) is 7.36. The zero-order valence-electron chi connectivity index (χ0n) is 16.4. The smallest absolute Gasteiger partial charge is 0.272 e. The molecule has 0 radical (unpaired) electrons. The highest BCUT2D eigenvalue weighted by molar-refractivity contribution is 6.09. The number of hydrogen-bond donors (Lipinski definition) is 2. The summed E-state index contributed by atoms with van der Waals surface area (Å²) in [7, 11) is 1.59. The van der Waals surface area contributed by atoms with Crippen molar-refractivity contribution in [2.75, 3.05) is 12.4 Å². The van der Waals surface area contributed by atoms with Crippen LogP contribution in [0.4, 0.5) is 5.69 Å².